The summed E-state index contributed by atoms with van der Waals surface area (Å²) in [7, 11) is 1.58. The maximum absolute atomic E-state index is 13.5. The molecule has 196 valence electrons. The molecule has 0 aliphatic heterocycles. The number of carbonyl (C=O) groups is 1. The van der Waals surface area contributed by atoms with Gasteiger partial charge in [0.15, 0.2) is 5.76 Å². The van der Waals surface area contributed by atoms with Gasteiger partial charge in [0.25, 0.3) is 5.91 Å². The van der Waals surface area contributed by atoms with Crippen LogP contribution >= 0.6 is 0 Å². The largest absolute Gasteiger partial charge is 0.497 e. The lowest BCUT2D eigenvalue weighted by molar-refractivity contribution is -0.118. The minimum atomic E-state index is -1.50. The Kier molecular flexibility index (Phi) is 7.52. The number of halogens is 1. The number of methoxy groups -OCH3 is 1. The van der Waals surface area contributed by atoms with E-state index in [-0.39, 0.29) is 24.4 Å². The van der Waals surface area contributed by atoms with Crippen molar-refractivity contribution in [2.75, 3.05) is 13.7 Å². The van der Waals surface area contributed by atoms with Crippen LogP contribution in [0.5, 0.6) is 0 Å². The molecule has 0 radical (unpaired) electrons. The van der Waals surface area contributed by atoms with Crippen LogP contribution in [0.4, 0.5) is 4.39 Å². The Morgan fingerprint density at radius 3 is 2.51 bits per heavy atom. The van der Waals surface area contributed by atoms with Gasteiger partial charge in [0, 0.05) is 23.1 Å². The van der Waals surface area contributed by atoms with Crippen LogP contribution in [-0.4, -0.2) is 35.8 Å². The molecule has 0 bridgehead atoms. The van der Waals surface area contributed by atoms with Gasteiger partial charge in [0.2, 0.25) is 0 Å². The number of aliphatic hydroxyl groups is 1. The fraction of sp³-hybridized carbons (Fsp3) is 0.379. The summed E-state index contributed by atoms with van der Waals surface area (Å²) in [6.07, 6.45) is 7.86. The molecule has 37 heavy (non-hydrogen) atoms. The molecule has 2 aromatic rings. The number of aromatic nitrogens is 1. The van der Waals surface area contributed by atoms with Crippen molar-refractivity contribution in [3.05, 3.63) is 88.8 Å². The minimum absolute atomic E-state index is 0.0860. The number of nitrogens with two attached hydrogens (primary N) is 1. The lowest BCUT2D eigenvalue weighted by Gasteiger charge is -2.27. The van der Waals surface area contributed by atoms with E-state index in [1.807, 2.05) is 19.9 Å². The first-order valence-corrected chi connectivity index (χ1v) is 12.4. The van der Waals surface area contributed by atoms with E-state index in [9.17, 15) is 14.3 Å². The number of allylic oxidation sites excluding steroid dienone is 2. The number of benzene rings is 1. The van der Waals surface area contributed by atoms with E-state index in [0.29, 0.717) is 40.5 Å². The molecule has 1 atom stereocenters. The zero-order valence-corrected chi connectivity index (χ0v) is 21.7. The van der Waals surface area contributed by atoms with E-state index < -0.39 is 11.1 Å². The van der Waals surface area contributed by atoms with Crippen LogP contribution < -0.4 is 11.1 Å². The molecular weight excluding hydrogens is 473 g/mol. The van der Waals surface area contributed by atoms with E-state index in [2.05, 4.69) is 10.3 Å². The van der Waals surface area contributed by atoms with Gasteiger partial charge in [0.1, 0.15) is 17.2 Å². The second kappa shape index (κ2) is 10.5. The molecule has 2 aliphatic rings. The number of hydrogen-bond acceptors (Lipinski definition) is 6. The summed E-state index contributed by atoms with van der Waals surface area (Å²) in [5.41, 5.74) is 6.92. The number of ether oxygens (including phenoxy) is 2. The third-order valence-corrected chi connectivity index (χ3v) is 6.38. The Morgan fingerprint density at radius 2 is 1.89 bits per heavy atom. The van der Waals surface area contributed by atoms with Crippen LogP contribution in [0.15, 0.2) is 71.7 Å². The molecule has 1 unspecified atom stereocenters. The first-order chi connectivity index (χ1) is 17.5. The predicted octanol–water partition coefficient (Wildman–Crippen LogP) is 4.33. The van der Waals surface area contributed by atoms with Gasteiger partial charge in [-0.2, -0.15) is 0 Å². The van der Waals surface area contributed by atoms with Gasteiger partial charge >= 0.3 is 0 Å². The van der Waals surface area contributed by atoms with Crippen molar-refractivity contribution in [2.45, 2.75) is 57.3 Å². The van der Waals surface area contributed by atoms with Crippen molar-refractivity contribution in [2.24, 2.45) is 5.73 Å². The third kappa shape index (κ3) is 6.64. The average Bonchev–Trinajstić information content (AvgIpc) is 3.70. The Bertz CT molecular complexity index is 1250. The highest BCUT2D eigenvalue weighted by molar-refractivity contribution is 5.96. The van der Waals surface area contributed by atoms with Gasteiger partial charge in [-0.05, 0) is 87.7 Å². The number of hydrogen-bond donors (Lipinski definition) is 3. The molecule has 2 aliphatic carbocycles. The zero-order valence-electron chi connectivity index (χ0n) is 21.7. The summed E-state index contributed by atoms with van der Waals surface area (Å²) in [5, 5.41) is 14.2. The molecule has 7 nitrogen and oxygen atoms in total. The van der Waals surface area contributed by atoms with Crippen molar-refractivity contribution in [1.29, 1.82) is 0 Å². The fourth-order valence-electron chi connectivity index (χ4n) is 3.84. The van der Waals surface area contributed by atoms with Crippen molar-refractivity contribution < 1.29 is 23.8 Å². The number of rotatable bonds is 9. The van der Waals surface area contributed by atoms with E-state index in [0.717, 1.165) is 18.4 Å². The molecule has 4 N–H and O–H groups in total. The van der Waals surface area contributed by atoms with E-state index >= 15 is 0 Å². The molecule has 1 aromatic carbocycles. The zero-order chi connectivity index (χ0) is 26.8. The second-order valence-electron chi connectivity index (χ2n) is 10.3. The maximum Gasteiger partial charge on any atom is 0.251 e. The Morgan fingerprint density at radius 1 is 1.19 bits per heavy atom. The first kappa shape index (κ1) is 26.6. The van der Waals surface area contributed by atoms with Crippen molar-refractivity contribution in [1.82, 2.24) is 10.3 Å². The number of nitrogens with zero attached hydrogens (tertiary/aromatic N) is 1. The predicted molar refractivity (Wildman–Crippen MR) is 139 cm³/mol. The van der Waals surface area contributed by atoms with Gasteiger partial charge in [0.05, 0.1) is 31.1 Å². The van der Waals surface area contributed by atoms with Crippen LogP contribution in [0.25, 0.3) is 11.3 Å². The highest BCUT2D eigenvalue weighted by atomic mass is 19.1. The second-order valence-corrected chi connectivity index (χ2v) is 10.3. The Labute approximate surface area is 216 Å². The Balaban J connectivity index is 1.52. The molecule has 1 heterocycles. The summed E-state index contributed by atoms with van der Waals surface area (Å²) in [5.74, 6) is 0.607. The van der Waals surface area contributed by atoms with Gasteiger partial charge < -0.3 is 25.6 Å². The van der Waals surface area contributed by atoms with Crippen LogP contribution in [0.1, 0.15) is 51.3 Å². The number of carbonyl (C=O) groups excluding carboxylic acids is 1. The summed E-state index contributed by atoms with van der Waals surface area (Å²) in [4.78, 5) is 17.6. The standard InChI is InChI=1S/C29H34FN3O4/c1-28(2,31)20-15-23(18-5-9-21(30)10-6-18)33-26(16-20)29(3,35)17-32-27(34)19-7-13-24(36-4)25(14-8-19)37-22-11-12-22/h5-10,14-16,22,35H,11-13,17,31H2,1-4H3,(H,32,34). The minimum Gasteiger partial charge on any atom is -0.497 e. The van der Waals surface area contributed by atoms with E-state index in [1.54, 1.807) is 50.5 Å². The lowest BCUT2D eigenvalue weighted by atomic mass is 9.90. The van der Waals surface area contributed by atoms with E-state index in [1.165, 1.54) is 12.1 Å². The van der Waals surface area contributed by atoms with Crippen molar-refractivity contribution >= 4 is 5.91 Å². The summed E-state index contributed by atoms with van der Waals surface area (Å²) in [6.45, 7) is 5.20. The number of nitrogens with one attached hydrogen (secondary N) is 1. The smallest absolute Gasteiger partial charge is 0.251 e. The average molecular weight is 508 g/mol. The summed E-state index contributed by atoms with van der Waals surface area (Å²) >= 11 is 0. The van der Waals surface area contributed by atoms with Crippen molar-refractivity contribution in [3.63, 3.8) is 0 Å². The normalized spacial score (nSPS) is 17.5. The molecule has 1 saturated carbocycles. The summed E-state index contributed by atoms with van der Waals surface area (Å²) < 4.78 is 24.8. The van der Waals surface area contributed by atoms with Gasteiger partial charge in [-0.3, -0.25) is 4.79 Å². The summed E-state index contributed by atoms with van der Waals surface area (Å²) in [6, 6.07) is 9.52. The molecule has 4 rings (SSSR count). The SMILES string of the molecule is COC1=C(OC2CC2)C=CC(C(=O)NCC(C)(O)c2cc(C(C)(C)N)cc(-c3ccc(F)cc3)n2)=CC1. The first-order valence-electron chi connectivity index (χ1n) is 12.4. The van der Waals surface area contributed by atoms with Crippen molar-refractivity contribution in [3.8, 4) is 11.3 Å². The van der Waals surface area contributed by atoms with Gasteiger partial charge in [-0.25, -0.2) is 9.37 Å². The molecule has 1 aromatic heterocycles. The topological polar surface area (TPSA) is 107 Å². The van der Waals surface area contributed by atoms with Crippen LogP contribution in [-0.2, 0) is 25.4 Å². The molecule has 1 amide bonds. The molecule has 8 heteroatoms. The molecule has 0 spiro atoms. The molecule has 1 fully saturated rings. The van der Waals surface area contributed by atoms with Crippen LogP contribution in [0.2, 0.25) is 0 Å². The number of pyridine rings is 1. The third-order valence-electron chi connectivity index (χ3n) is 6.38. The highest BCUT2D eigenvalue weighted by Gasteiger charge is 2.30. The van der Waals surface area contributed by atoms with Crippen LogP contribution in [0, 0.1) is 5.82 Å². The fourth-order valence-corrected chi connectivity index (χ4v) is 3.84. The monoisotopic (exact) mass is 507 g/mol. The quantitative estimate of drug-likeness (QED) is 0.467. The number of amides is 1. The molecule has 0 saturated heterocycles. The molecular formula is C29H34FN3O4. The van der Waals surface area contributed by atoms with Gasteiger partial charge in [-0.1, -0.05) is 6.08 Å². The van der Waals surface area contributed by atoms with E-state index in [4.69, 9.17) is 15.2 Å². The van der Waals surface area contributed by atoms with Gasteiger partial charge in [-0.15, -0.1) is 0 Å². The lowest BCUT2D eigenvalue weighted by Crippen LogP contribution is -2.40. The highest BCUT2D eigenvalue weighted by Crippen LogP contribution is 2.31. The van der Waals surface area contributed by atoms with Crippen LogP contribution in [0.3, 0.4) is 0 Å². The maximum atomic E-state index is 13.5. The Hall–Kier alpha value is -3.49.